The quantitative estimate of drug-likeness (QED) is 0.885. The number of aryl methyl sites for hydroxylation is 1. The summed E-state index contributed by atoms with van der Waals surface area (Å²) in [6.45, 7) is 4.77. The molecule has 4 heteroatoms. The predicted octanol–water partition coefficient (Wildman–Crippen LogP) is 3.31. The average Bonchev–Trinajstić information content (AvgIpc) is 2.44. The van der Waals surface area contributed by atoms with Crippen LogP contribution in [0.2, 0.25) is 0 Å². The number of rotatable bonds is 5. The van der Waals surface area contributed by atoms with Crippen molar-refractivity contribution in [3.63, 3.8) is 0 Å². The molecule has 2 atom stereocenters. The number of anilines is 1. The van der Waals surface area contributed by atoms with E-state index in [1.807, 2.05) is 20.0 Å². The fraction of sp³-hybridized carbons (Fsp3) is 0.733. The van der Waals surface area contributed by atoms with E-state index in [4.69, 9.17) is 4.74 Å². The Morgan fingerprint density at radius 3 is 2.84 bits per heavy atom. The third kappa shape index (κ3) is 3.90. The molecule has 0 amide bonds. The van der Waals surface area contributed by atoms with E-state index < -0.39 is 0 Å². The molecule has 1 aliphatic carbocycles. The minimum atomic E-state index is 0.390. The second-order valence-electron chi connectivity index (χ2n) is 5.36. The molecule has 1 aliphatic rings. The molecule has 1 N–H and O–H groups in total. The van der Waals surface area contributed by atoms with Crippen LogP contribution in [0.15, 0.2) is 6.07 Å². The molecule has 1 fully saturated rings. The molecular formula is C15H25N3O. The highest BCUT2D eigenvalue weighted by Crippen LogP contribution is 2.29. The van der Waals surface area contributed by atoms with Gasteiger partial charge in [-0.05, 0) is 25.7 Å². The van der Waals surface area contributed by atoms with Crippen LogP contribution in [-0.4, -0.2) is 23.1 Å². The zero-order valence-corrected chi connectivity index (χ0v) is 12.3. The predicted molar refractivity (Wildman–Crippen MR) is 77.1 cm³/mol. The third-order valence-corrected chi connectivity index (χ3v) is 3.95. The van der Waals surface area contributed by atoms with E-state index in [2.05, 4.69) is 22.2 Å². The second-order valence-corrected chi connectivity index (χ2v) is 5.36. The van der Waals surface area contributed by atoms with Gasteiger partial charge in [0.2, 0.25) is 0 Å². The molecule has 2 unspecified atom stereocenters. The zero-order valence-electron chi connectivity index (χ0n) is 12.3. The van der Waals surface area contributed by atoms with Crippen LogP contribution in [0.3, 0.4) is 0 Å². The van der Waals surface area contributed by atoms with Crippen molar-refractivity contribution < 1.29 is 4.74 Å². The van der Waals surface area contributed by atoms with Gasteiger partial charge in [0.15, 0.2) is 5.82 Å². The Morgan fingerprint density at radius 1 is 1.32 bits per heavy atom. The first-order chi connectivity index (χ1) is 9.22. The lowest BCUT2D eigenvalue weighted by molar-refractivity contribution is -0.0248. The normalized spacial score (nSPS) is 23.3. The maximum atomic E-state index is 6.07. The second kappa shape index (κ2) is 6.85. The van der Waals surface area contributed by atoms with Crippen LogP contribution in [0.25, 0.3) is 0 Å². The number of ether oxygens (including phenoxy) is 1. The van der Waals surface area contributed by atoms with Crippen molar-refractivity contribution in [2.75, 3.05) is 12.4 Å². The van der Waals surface area contributed by atoms with Gasteiger partial charge in [-0.1, -0.05) is 26.2 Å². The molecule has 1 aromatic heterocycles. The van der Waals surface area contributed by atoms with E-state index in [0.717, 1.165) is 17.3 Å². The van der Waals surface area contributed by atoms with Crippen molar-refractivity contribution in [1.29, 1.82) is 0 Å². The molecule has 19 heavy (non-hydrogen) atoms. The summed E-state index contributed by atoms with van der Waals surface area (Å²) in [6.07, 6.45) is 6.73. The van der Waals surface area contributed by atoms with Gasteiger partial charge >= 0.3 is 0 Å². The highest BCUT2D eigenvalue weighted by atomic mass is 16.5. The molecule has 0 aliphatic heterocycles. The summed E-state index contributed by atoms with van der Waals surface area (Å²) in [5, 5.41) is 3.06. The number of aromatic nitrogens is 2. The number of nitrogens with one attached hydrogen (secondary N) is 1. The Balaban J connectivity index is 1.95. The molecule has 2 rings (SSSR count). The van der Waals surface area contributed by atoms with Crippen LogP contribution in [0.1, 0.15) is 50.5 Å². The zero-order chi connectivity index (χ0) is 13.7. The Morgan fingerprint density at radius 2 is 2.11 bits per heavy atom. The molecule has 106 valence electrons. The molecule has 0 bridgehead atoms. The first kappa shape index (κ1) is 14.3. The van der Waals surface area contributed by atoms with E-state index in [1.54, 1.807) is 0 Å². The average molecular weight is 263 g/mol. The van der Waals surface area contributed by atoms with Gasteiger partial charge in [0.1, 0.15) is 12.4 Å². The van der Waals surface area contributed by atoms with Crippen LogP contribution < -0.4 is 5.32 Å². The fourth-order valence-electron chi connectivity index (χ4n) is 2.86. The molecule has 0 spiro atoms. The van der Waals surface area contributed by atoms with Gasteiger partial charge in [0.05, 0.1) is 6.10 Å². The first-order valence-corrected chi connectivity index (χ1v) is 7.36. The minimum Gasteiger partial charge on any atom is -0.373 e. The molecule has 4 nitrogen and oxygen atoms in total. The Kier molecular flexibility index (Phi) is 5.14. The van der Waals surface area contributed by atoms with Crippen LogP contribution in [0.5, 0.6) is 0 Å². The molecule has 0 saturated heterocycles. The third-order valence-electron chi connectivity index (χ3n) is 3.95. The minimum absolute atomic E-state index is 0.390. The lowest BCUT2D eigenvalue weighted by Crippen LogP contribution is -2.27. The monoisotopic (exact) mass is 263 g/mol. The van der Waals surface area contributed by atoms with E-state index in [-0.39, 0.29) is 0 Å². The van der Waals surface area contributed by atoms with Crippen molar-refractivity contribution in [3.05, 3.63) is 17.6 Å². The van der Waals surface area contributed by atoms with E-state index >= 15 is 0 Å². The molecule has 1 heterocycles. The van der Waals surface area contributed by atoms with Gasteiger partial charge < -0.3 is 10.1 Å². The largest absolute Gasteiger partial charge is 0.373 e. The van der Waals surface area contributed by atoms with Gasteiger partial charge in [0.25, 0.3) is 0 Å². The van der Waals surface area contributed by atoms with Gasteiger partial charge in [-0.15, -0.1) is 0 Å². The highest BCUT2D eigenvalue weighted by Gasteiger charge is 2.24. The van der Waals surface area contributed by atoms with Crippen molar-refractivity contribution >= 4 is 5.82 Å². The lowest BCUT2D eigenvalue weighted by atomic mass is 9.85. The summed E-state index contributed by atoms with van der Waals surface area (Å²) < 4.78 is 6.07. The smallest absolute Gasteiger partial charge is 0.156 e. The standard InChI is InChI=1S/C15H25N3O/c1-4-12-7-5-6-8-13(12)19-10-15-17-11(2)9-14(16-3)18-15/h9,12-13H,4-8,10H2,1-3H3,(H,16,17,18). The lowest BCUT2D eigenvalue weighted by Gasteiger charge is -2.30. The van der Waals surface area contributed by atoms with Crippen LogP contribution in [0.4, 0.5) is 5.82 Å². The Hall–Kier alpha value is -1.16. The van der Waals surface area contributed by atoms with E-state index in [0.29, 0.717) is 18.6 Å². The van der Waals surface area contributed by atoms with Gasteiger partial charge in [-0.25, -0.2) is 9.97 Å². The van der Waals surface area contributed by atoms with E-state index in [1.165, 1.54) is 32.1 Å². The van der Waals surface area contributed by atoms with Crippen LogP contribution in [0, 0.1) is 12.8 Å². The Labute approximate surface area is 116 Å². The number of hydrogen-bond acceptors (Lipinski definition) is 4. The summed E-state index contributed by atoms with van der Waals surface area (Å²) in [4.78, 5) is 8.88. The summed E-state index contributed by atoms with van der Waals surface area (Å²) in [5.41, 5.74) is 0.980. The highest BCUT2D eigenvalue weighted by molar-refractivity contribution is 5.34. The molecule has 1 saturated carbocycles. The van der Waals surface area contributed by atoms with Gasteiger partial charge in [0, 0.05) is 18.8 Å². The SMILES string of the molecule is CCC1CCCCC1OCc1nc(C)cc(NC)n1. The first-order valence-electron chi connectivity index (χ1n) is 7.36. The van der Waals surface area contributed by atoms with E-state index in [9.17, 15) is 0 Å². The molecular weight excluding hydrogens is 238 g/mol. The summed E-state index contributed by atoms with van der Waals surface area (Å²) in [6, 6.07) is 1.94. The van der Waals surface area contributed by atoms with Crippen molar-refractivity contribution in [2.45, 2.75) is 58.7 Å². The summed E-state index contributed by atoms with van der Waals surface area (Å²) in [7, 11) is 1.88. The van der Waals surface area contributed by atoms with Crippen LogP contribution >= 0.6 is 0 Å². The topological polar surface area (TPSA) is 47.0 Å². The number of hydrogen-bond donors (Lipinski definition) is 1. The van der Waals surface area contributed by atoms with Crippen molar-refractivity contribution in [2.24, 2.45) is 5.92 Å². The van der Waals surface area contributed by atoms with Crippen LogP contribution in [-0.2, 0) is 11.3 Å². The fourth-order valence-corrected chi connectivity index (χ4v) is 2.86. The molecule has 0 aromatic carbocycles. The molecule has 1 aromatic rings. The molecule has 0 radical (unpaired) electrons. The maximum absolute atomic E-state index is 6.07. The van der Waals surface area contributed by atoms with Gasteiger partial charge in [-0.2, -0.15) is 0 Å². The number of nitrogens with zero attached hydrogens (tertiary/aromatic N) is 2. The Bertz CT molecular complexity index is 408. The summed E-state index contributed by atoms with van der Waals surface area (Å²) >= 11 is 0. The van der Waals surface area contributed by atoms with Crippen molar-refractivity contribution in [1.82, 2.24) is 9.97 Å². The summed E-state index contributed by atoms with van der Waals surface area (Å²) in [5.74, 6) is 2.36. The maximum Gasteiger partial charge on any atom is 0.156 e. The van der Waals surface area contributed by atoms with Crippen molar-refractivity contribution in [3.8, 4) is 0 Å². The van der Waals surface area contributed by atoms with Gasteiger partial charge in [-0.3, -0.25) is 0 Å².